The molecule has 0 spiro atoms. The monoisotopic (exact) mass is 314 g/mol. The Kier molecular flexibility index (Phi) is 5.25. The predicted octanol–water partition coefficient (Wildman–Crippen LogP) is 4.49. The highest BCUT2D eigenvalue weighted by Crippen LogP contribution is 2.40. The van der Waals surface area contributed by atoms with E-state index in [9.17, 15) is 0 Å². The van der Waals surface area contributed by atoms with E-state index >= 15 is 0 Å². The quantitative estimate of drug-likeness (QED) is 0.869. The van der Waals surface area contributed by atoms with Crippen molar-refractivity contribution in [3.05, 3.63) is 71.8 Å². The Morgan fingerprint density at radius 3 is 1.86 bits per heavy atom. The number of halogens is 1. The van der Waals surface area contributed by atoms with Gasteiger partial charge >= 0.3 is 0 Å². The summed E-state index contributed by atoms with van der Waals surface area (Å²) in [7, 11) is 2.05. The van der Waals surface area contributed by atoms with Crippen LogP contribution < -0.4 is 0 Å². The first kappa shape index (κ1) is 16.6. The van der Waals surface area contributed by atoms with E-state index in [1.54, 1.807) is 0 Å². The van der Waals surface area contributed by atoms with Gasteiger partial charge in [0.2, 0.25) is 0 Å². The van der Waals surface area contributed by atoms with Crippen LogP contribution in [-0.4, -0.2) is 24.3 Å². The molecule has 0 aliphatic carbocycles. The average Bonchev–Trinajstić information content (AvgIpc) is 2.70. The second-order valence-electron chi connectivity index (χ2n) is 5.86. The summed E-state index contributed by atoms with van der Waals surface area (Å²) in [6.07, 6.45) is 3.31. The van der Waals surface area contributed by atoms with Gasteiger partial charge in [0.15, 0.2) is 0 Å². The molecule has 2 aromatic rings. The van der Waals surface area contributed by atoms with Gasteiger partial charge in [-0.05, 0) is 24.0 Å². The van der Waals surface area contributed by atoms with E-state index in [2.05, 4.69) is 53.4 Å². The SMILES string of the molecule is CN1CCCCC(c2ccccc2)(c2ccccc2)C1=N.Cl. The molecule has 1 fully saturated rings. The summed E-state index contributed by atoms with van der Waals surface area (Å²) < 4.78 is 0. The van der Waals surface area contributed by atoms with E-state index in [4.69, 9.17) is 5.41 Å². The lowest BCUT2D eigenvalue weighted by Crippen LogP contribution is -2.44. The zero-order chi connectivity index (χ0) is 14.7. The largest absolute Gasteiger partial charge is 0.363 e. The third-order valence-corrected chi connectivity index (χ3v) is 4.61. The Bertz CT molecular complexity index is 570. The van der Waals surface area contributed by atoms with Gasteiger partial charge in [0.1, 0.15) is 5.84 Å². The summed E-state index contributed by atoms with van der Waals surface area (Å²) in [6, 6.07) is 21.1. The molecule has 2 nitrogen and oxygen atoms in total. The highest BCUT2D eigenvalue weighted by molar-refractivity contribution is 5.94. The highest BCUT2D eigenvalue weighted by Gasteiger charge is 2.41. The third-order valence-electron chi connectivity index (χ3n) is 4.61. The van der Waals surface area contributed by atoms with E-state index in [-0.39, 0.29) is 17.8 Å². The molecule has 2 aromatic carbocycles. The molecule has 0 aromatic heterocycles. The molecule has 3 rings (SSSR count). The zero-order valence-electron chi connectivity index (χ0n) is 13.0. The van der Waals surface area contributed by atoms with E-state index < -0.39 is 0 Å². The first-order valence-electron chi connectivity index (χ1n) is 7.66. The summed E-state index contributed by atoms with van der Waals surface area (Å²) >= 11 is 0. The normalized spacial score (nSPS) is 17.5. The maximum atomic E-state index is 8.84. The number of amidine groups is 1. The molecular formula is C19H23ClN2. The molecule has 1 aliphatic heterocycles. The lowest BCUT2D eigenvalue weighted by atomic mass is 9.70. The molecule has 0 unspecified atom stereocenters. The summed E-state index contributed by atoms with van der Waals surface area (Å²) in [5.41, 5.74) is 2.15. The Morgan fingerprint density at radius 1 is 0.864 bits per heavy atom. The van der Waals surface area contributed by atoms with Gasteiger partial charge in [0.05, 0.1) is 5.41 Å². The van der Waals surface area contributed by atoms with Crippen molar-refractivity contribution in [1.29, 1.82) is 5.41 Å². The van der Waals surface area contributed by atoms with Crippen molar-refractivity contribution in [2.24, 2.45) is 0 Å². The fraction of sp³-hybridized carbons (Fsp3) is 0.316. The van der Waals surface area contributed by atoms with Crippen LogP contribution in [0.15, 0.2) is 60.7 Å². The first-order valence-corrected chi connectivity index (χ1v) is 7.66. The van der Waals surface area contributed by atoms with Crippen molar-refractivity contribution in [3.8, 4) is 0 Å². The molecule has 0 atom stereocenters. The number of nitrogens with one attached hydrogen (secondary N) is 1. The Morgan fingerprint density at radius 2 is 1.36 bits per heavy atom. The second-order valence-corrected chi connectivity index (χ2v) is 5.86. The minimum Gasteiger partial charge on any atom is -0.363 e. The smallest absolute Gasteiger partial charge is 0.111 e. The molecule has 0 amide bonds. The maximum Gasteiger partial charge on any atom is 0.111 e. The molecular weight excluding hydrogens is 292 g/mol. The van der Waals surface area contributed by atoms with Crippen LogP contribution in [0.25, 0.3) is 0 Å². The minimum absolute atomic E-state index is 0. The Balaban J connectivity index is 0.00000176. The van der Waals surface area contributed by atoms with Crippen LogP contribution in [0.1, 0.15) is 30.4 Å². The molecule has 1 aliphatic rings. The molecule has 0 saturated carbocycles. The number of hydrogen-bond acceptors (Lipinski definition) is 1. The molecule has 1 N–H and O–H groups in total. The maximum absolute atomic E-state index is 8.84. The average molecular weight is 315 g/mol. The molecule has 0 bridgehead atoms. The fourth-order valence-corrected chi connectivity index (χ4v) is 3.47. The Labute approximate surface area is 139 Å². The second kappa shape index (κ2) is 6.97. The van der Waals surface area contributed by atoms with Crippen molar-refractivity contribution in [3.63, 3.8) is 0 Å². The summed E-state index contributed by atoms with van der Waals surface area (Å²) in [4.78, 5) is 2.12. The summed E-state index contributed by atoms with van der Waals surface area (Å²) in [5, 5.41) is 8.84. The third kappa shape index (κ3) is 2.76. The lowest BCUT2D eigenvalue weighted by molar-refractivity contribution is 0.482. The molecule has 116 valence electrons. The van der Waals surface area contributed by atoms with Gasteiger partial charge in [-0.2, -0.15) is 0 Å². The molecule has 22 heavy (non-hydrogen) atoms. The number of hydrogen-bond donors (Lipinski definition) is 1. The van der Waals surface area contributed by atoms with Crippen LogP contribution in [0.3, 0.4) is 0 Å². The Hall–Kier alpha value is -1.80. The number of benzene rings is 2. The van der Waals surface area contributed by atoms with Gasteiger partial charge < -0.3 is 4.90 Å². The van der Waals surface area contributed by atoms with Crippen molar-refractivity contribution in [1.82, 2.24) is 4.90 Å². The molecule has 1 saturated heterocycles. The topological polar surface area (TPSA) is 27.1 Å². The van der Waals surface area contributed by atoms with Crippen molar-refractivity contribution in [2.75, 3.05) is 13.6 Å². The first-order chi connectivity index (χ1) is 10.2. The number of likely N-dealkylation sites (N-methyl/N-ethyl adjacent to an activating group) is 1. The lowest BCUT2D eigenvalue weighted by Gasteiger charge is -2.37. The fourth-order valence-electron chi connectivity index (χ4n) is 3.47. The summed E-state index contributed by atoms with van der Waals surface area (Å²) in [6.45, 7) is 0.972. The van der Waals surface area contributed by atoms with Crippen LogP contribution >= 0.6 is 12.4 Å². The van der Waals surface area contributed by atoms with Gasteiger partial charge in [0, 0.05) is 13.6 Å². The highest BCUT2D eigenvalue weighted by atomic mass is 35.5. The molecule has 1 heterocycles. The zero-order valence-corrected chi connectivity index (χ0v) is 13.8. The van der Waals surface area contributed by atoms with Gasteiger partial charge in [-0.1, -0.05) is 67.1 Å². The van der Waals surface area contributed by atoms with Crippen LogP contribution in [0.2, 0.25) is 0 Å². The number of nitrogens with zero attached hydrogens (tertiary/aromatic N) is 1. The van der Waals surface area contributed by atoms with Gasteiger partial charge in [-0.25, -0.2) is 0 Å². The van der Waals surface area contributed by atoms with E-state index in [1.165, 1.54) is 11.1 Å². The van der Waals surface area contributed by atoms with Crippen LogP contribution in [0, 0.1) is 5.41 Å². The van der Waals surface area contributed by atoms with Gasteiger partial charge in [0.25, 0.3) is 0 Å². The molecule has 3 heteroatoms. The van der Waals surface area contributed by atoms with Crippen molar-refractivity contribution in [2.45, 2.75) is 24.7 Å². The van der Waals surface area contributed by atoms with Crippen molar-refractivity contribution >= 4 is 18.2 Å². The van der Waals surface area contributed by atoms with Crippen LogP contribution in [0.4, 0.5) is 0 Å². The summed E-state index contributed by atoms with van der Waals surface area (Å²) in [5.74, 6) is 0.720. The van der Waals surface area contributed by atoms with E-state index in [0.717, 1.165) is 31.6 Å². The van der Waals surface area contributed by atoms with Crippen LogP contribution in [0.5, 0.6) is 0 Å². The van der Waals surface area contributed by atoms with Crippen LogP contribution in [-0.2, 0) is 5.41 Å². The standard InChI is InChI=1S/C19H22N2.ClH/c1-21-15-9-8-14-19(18(21)20,16-10-4-2-5-11-16)17-12-6-3-7-13-17;/h2-7,10-13,20H,8-9,14-15H2,1H3;1H. The van der Waals surface area contributed by atoms with E-state index in [0.29, 0.717) is 0 Å². The number of likely N-dealkylation sites (tertiary alicyclic amines) is 1. The van der Waals surface area contributed by atoms with E-state index in [1.807, 2.05) is 19.2 Å². The van der Waals surface area contributed by atoms with Gasteiger partial charge in [-0.3, -0.25) is 5.41 Å². The number of rotatable bonds is 2. The van der Waals surface area contributed by atoms with Crippen molar-refractivity contribution < 1.29 is 0 Å². The van der Waals surface area contributed by atoms with Gasteiger partial charge in [-0.15, -0.1) is 12.4 Å². The minimum atomic E-state index is -0.312. The predicted molar refractivity (Wildman–Crippen MR) is 95.1 cm³/mol. The molecule has 0 radical (unpaired) electrons.